The summed E-state index contributed by atoms with van der Waals surface area (Å²) in [6.07, 6.45) is 2.81. The van der Waals surface area contributed by atoms with Crippen molar-refractivity contribution in [1.82, 2.24) is 4.90 Å². The molecule has 5 heteroatoms. The summed E-state index contributed by atoms with van der Waals surface area (Å²) in [6.45, 7) is 4.02. The molecule has 2 aromatic rings. The lowest BCUT2D eigenvalue weighted by atomic mass is 10.1. The van der Waals surface area contributed by atoms with E-state index in [1.807, 2.05) is 19.1 Å². The third-order valence-electron chi connectivity index (χ3n) is 4.61. The highest BCUT2D eigenvalue weighted by Gasteiger charge is 2.24. The first kappa shape index (κ1) is 19.4. The number of hydrogen-bond acceptors (Lipinski definition) is 3. The molecule has 0 bridgehead atoms. The molecule has 1 amide bonds. The predicted octanol–water partition coefficient (Wildman–Crippen LogP) is 4.44. The number of benzene rings is 2. The van der Waals surface area contributed by atoms with Gasteiger partial charge in [0.1, 0.15) is 11.6 Å². The predicted molar refractivity (Wildman–Crippen MR) is 102 cm³/mol. The minimum atomic E-state index is -0.303. The molecule has 1 unspecified atom stereocenters. The second kappa shape index (κ2) is 9.51. The number of hydrogen-bond donors (Lipinski definition) is 0. The van der Waals surface area contributed by atoms with Crippen LogP contribution in [0.3, 0.4) is 0 Å². The normalized spacial score (nSPS) is 16.3. The molecule has 1 saturated heterocycles. The molecule has 1 heterocycles. The van der Waals surface area contributed by atoms with Crippen molar-refractivity contribution in [2.24, 2.45) is 0 Å². The molecule has 1 atom stereocenters. The van der Waals surface area contributed by atoms with Gasteiger partial charge in [-0.15, -0.1) is 0 Å². The minimum Gasteiger partial charge on any atom is -0.494 e. The Morgan fingerprint density at radius 1 is 1.26 bits per heavy atom. The molecule has 0 N–H and O–H groups in total. The van der Waals surface area contributed by atoms with Gasteiger partial charge < -0.3 is 14.4 Å². The fourth-order valence-electron chi connectivity index (χ4n) is 3.21. The van der Waals surface area contributed by atoms with Gasteiger partial charge in [-0.1, -0.05) is 31.2 Å². The summed E-state index contributed by atoms with van der Waals surface area (Å²) in [6, 6.07) is 13.7. The highest BCUT2D eigenvalue weighted by atomic mass is 19.1. The van der Waals surface area contributed by atoms with Gasteiger partial charge in [0.15, 0.2) is 0 Å². The molecule has 0 aliphatic carbocycles. The number of carbonyl (C=O) groups excluding carboxylic acids is 1. The van der Waals surface area contributed by atoms with Gasteiger partial charge in [0.2, 0.25) is 0 Å². The van der Waals surface area contributed by atoms with Crippen LogP contribution >= 0.6 is 0 Å². The van der Waals surface area contributed by atoms with E-state index >= 15 is 0 Å². The maximum Gasteiger partial charge on any atom is 0.254 e. The lowest BCUT2D eigenvalue weighted by Gasteiger charge is -2.26. The van der Waals surface area contributed by atoms with Gasteiger partial charge in [0.05, 0.1) is 12.7 Å². The highest BCUT2D eigenvalue weighted by Crippen LogP contribution is 2.20. The summed E-state index contributed by atoms with van der Waals surface area (Å²) < 4.78 is 25.5. The van der Waals surface area contributed by atoms with Gasteiger partial charge in [0, 0.05) is 30.8 Å². The summed E-state index contributed by atoms with van der Waals surface area (Å²) in [7, 11) is 0. The topological polar surface area (TPSA) is 38.8 Å². The molecule has 1 aliphatic rings. The minimum absolute atomic E-state index is 0.000229. The summed E-state index contributed by atoms with van der Waals surface area (Å²) in [5, 5.41) is 0. The molecule has 27 heavy (non-hydrogen) atoms. The Labute approximate surface area is 159 Å². The Balaban J connectivity index is 1.80. The fraction of sp³-hybridized carbons (Fsp3) is 0.409. The maximum atomic E-state index is 14.1. The second-order valence-corrected chi connectivity index (χ2v) is 6.79. The Kier molecular flexibility index (Phi) is 6.82. The number of nitrogens with zero attached hydrogens (tertiary/aromatic N) is 1. The zero-order chi connectivity index (χ0) is 19.1. The number of ether oxygens (including phenoxy) is 2. The summed E-state index contributed by atoms with van der Waals surface area (Å²) in [5.41, 5.74) is 1.04. The van der Waals surface area contributed by atoms with Gasteiger partial charge in [-0.25, -0.2) is 4.39 Å². The van der Waals surface area contributed by atoms with Crippen molar-refractivity contribution in [2.75, 3.05) is 19.8 Å². The molecular formula is C22H26FNO3. The van der Waals surface area contributed by atoms with Crippen molar-refractivity contribution < 1.29 is 18.7 Å². The van der Waals surface area contributed by atoms with Crippen molar-refractivity contribution >= 4 is 5.91 Å². The molecule has 0 radical (unpaired) electrons. The van der Waals surface area contributed by atoms with Crippen LogP contribution < -0.4 is 4.74 Å². The number of amides is 1. The van der Waals surface area contributed by atoms with E-state index in [2.05, 4.69) is 0 Å². The van der Waals surface area contributed by atoms with Gasteiger partial charge in [-0.05, 0) is 43.5 Å². The first-order chi connectivity index (χ1) is 13.2. The summed E-state index contributed by atoms with van der Waals surface area (Å²) in [4.78, 5) is 14.8. The Morgan fingerprint density at radius 3 is 2.85 bits per heavy atom. The molecule has 0 saturated carbocycles. The van der Waals surface area contributed by atoms with Crippen molar-refractivity contribution in [1.29, 1.82) is 0 Å². The van der Waals surface area contributed by atoms with Crippen LogP contribution in [0.2, 0.25) is 0 Å². The Hall–Kier alpha value is -2.40. The molecule has 4 nitrogen and oxygen atoms in total. The largest absolute Gasteiger partial charge is 0.494 e. The van der Waals surface area contributed by atoms with Gasteiger partial charge >= 0.3 is 0 Å². The number of halogens is 1. The molecule has 1 aliphatic heterocycles. The average molecular weight is 371 g/mol. The van der Waals surface area contributed by atoms with Crippen LogP contribution in [0.1, 0.15) is 42.1 Å². The summed E-state index contributed by atoms with van der Waals surface area (Å²) >= 11 is 0. The lowest BCUT2D eigenvalue weighted by molar-refractivity contribution is 0.0504. The highest BCUT2D eigenvalue weighted by molar-refractivity contribution is 5.94. The molecule has 1 fully saturated rings. The van der Waals surface area contributed by atoms with E-state index in [0.29, 0.717) is 36.6 Å². The molecule has 2 aromatic carbocycles. The van der Waals surface area contributed by atoms with Crippen LogP contribution in [0.4, 0.5) is 4.39 Å². The van der Waals surface area contributed by atoms with E-state index in [-0.39, 0.29) is 24.4 Å². The van der Waals surface area contributed by atoms with Gasteiger partial charge in [0.25, 0.3) is 5.91 Å². The van der Waals surface area contributed by atoms with Crippen LogP contribution in [0, 0.1) is 5.82 Å². The standard InChI is InChI=1S/C22H26FNO3/c1-2-12-26-19-9-5-8-17(14-19)22(25)24(16-20-10-6-13-27-20)15-18-7-3-4-11-21(18)23/h3-5,7-9,11,14,20H,2,6,10,12-13,15-16H2,1H3. The molecule has 0 spiro atoms. The van der Waals surface area contributed by atoms with Crippen LogP contribution in [-0.4, -0.2) is 36.7 Å². The second-order valence-electron chi connectivity index (χ2n) is 6.79. The van der Waals surface area contributed by atoms with Crippen molar-refractivity contribution in [3.8, 4) is 5.75 Å². The van der Waals surface area contributed by atoms with Crippen molar-refractivity contribution in [3.63, 3.8) is 0 Å². The van der Waals surface area contributed by atoms with Crippen LogP contribution in [0.25, 0.3) is 0 Å². The third-order valence-corrected chi connectivity index (χ3v) is 4.61. The first-order valence-corrected chi connectivity index (χ1v) is 9.54. The van der Waals surface area contributed by atoms with Crippen LogP contribution in [-0.2, 0) is 11.3 Å². The van der Waals surface area contributed by atoms with Crippen LogP contribution in [0.15, 0.2) is 48.5 Å². The quantitative estimate of drug-likeness (QED) is 0.689. The SMILES string of the molecule is CCCOc1cccc(C(=O)N(Cc2ccccc2F)CC2CCCO2)c1. The maximum absolute atomic E-state index is 14.1. The fourth-order valence-corrected chi connectivity index (χ4v) is 3.21. The molecule has 3 rings (SSSR count). The first-order valence-electron chi connectivity index (χ1n) is 9.54. The summed E-state index contributed by atoms with van der Waals surface area (Å²) in [5.74, 6) is 0.226. The number of rotatable bonds is 8. The third kappa shape index (κ3) is 5.30. The van der Waals surface area contributed by atoms with E-state index in [1.54, 1.807) is 35.2 Å². The van der Waals surface area contributed by atoms with E-state index in [9.17, 15) is 9.18 Å². The Morgan fingerprint density at radius 2 is 2.11 bits per heavy atom. The van der Waals surface area contributed by atoms with E-state index in [0.717, 1.165) is 19.3 Å². The van der Waals surface area contributed by atoms with E-state index in [1.165, 1.54) is 6.07 Å². The van der Waals surface area contributed by atoms with Gasteiger partial charge in [-0.2, -0.15) is 0 Å². The lowest BCUT2D eigenvalue weighted by Crippen LogP contribution is -2.37. The van der Waals surface area contributed by atoms with Crippen molar-refractivity contribution in [2.45, 2.75) is 38.8 Å². The zero-order valence-electron chi connectivity index (χ0n) is 15.7. The van der Waals surface area contributed by atoms with Gasteiger partial charge in [-0.3, -0.25) is 4.79 Å². The average Bonchev–Trinajstić information content (AvgIpc) is 3.20. The Bertz CT molecular complexity index is 759. The van der Waals surface area contributed by atoms with E-state index in [4.69, 9.17) is 9.47 Å². The molecule has 144 valence electrons. The van der Waals surface area contributed by atoms with E-state index < -0.39 is 0 Å². The zero-order valence-corrected chi connectivity index (χ0v) is 15.7. The number of carbonyl (C=O) groups is 1. The smallest absolute Gasteiger partial charge is 0.254 e. The van der Waals surface area contributed by atoms with Crippen LogP contribution in [0.5, 0.6) is 5.75 Å². The monoisotopic (exact) mass is 371 g/mol. The molecule has 0 aromatic heterocycles. The van der Waals surface area contributed by atoms with Crippen molar-refractivity contribution in [3.05, 3.63) is 65.5 Å². The molecular weight excluding hydrogens is 345 g/mol.